The maximum absolute atomic E-state index is 10.7. The van der Waals surface area contributed by atoms with Gasteiger partial charge in [0.1, 0.15) is 13.2 Å². The van der Waals surface area contributed by atoms with Gasteiger partial charge in [0.05, 0.1) is 0 Å². The molecule has 0 N–H and O–H groups in total. The summed E-state index contributed by atoms with van der Waals surface area (Å²) in [4.78, 5) is 63.0. The highest BCUT2D eigenvalue weighted by Crippen LogP contribution is 2.17. The third-order valence-electron chi connectivity index (χ3n) is 2.60. The molecular weight excluding hydrogens is 336 g/mol. The monoisotopic (exact) mass is 350 g/mol. The molecule has 0 rings (SSSR count). The van der Waals surface area contributed by atoms with Crippen molar-refractivity contribution in [3.8, 4) is 0 Å². The zero-order chi connectivity index (χ0) is 18.2. The van der Waals surface area contributed by atoms with Crippen molar-refractivity contribution in [1.82, 2.24) is 0 Å². The van der Waals surface area contributed by atoms with E-state index >= 15 is 0 Å². The van der Waals surface area contributed by atoms with E-state index in [1.54, 1.807) is 0 Å². The molecule has 0 unspecified atom stereocenters. The van der Waals surface area contributed by atoms with Crippen LogP contribution in [0.1, 0.15) is 0 Å². The van der Waals surface area contributed by atoms with E-state index in [9.17, 15) is 28.8 Å². The molecular formula is C12H14O12. The van der Waals surface area contributed by atoms with Crippen molar-refractivity contribution in [2.24, 2.45) is 0 Å². The van der Waals surface area contributed by atoms with Gasteiger partial charge in [-0.25, -0.2) is 0 Å². The Morgan fingerprint density at radius 1 is 0.500 bits per heavy atom. The quantitative estimate of drug-likeness (QED) is 0.201. The molecule has 0 bridgehead atoms. The van der Waals surface area contributed by atoms with Crippen molar-refractivity contribution in [3.05, 3.63) is 0 Å². The largest absolute Gasteiger partial charge is 0.464 e. The van der Waals surface area contributed by atoms with Crippen molar-refractivity contribution >= 4 is 38.8 Å². The third-order valence-corrected chi connectivity index (χ3v) is 2.60. The Hall–Kier alpha value is -3.18. The van der Waals surface area contributed by atoms with Crippen LogP contribution in [0.3, 0.4) is 0 Å². The number of ether oxygens (including phenoxy) is 6. The summed E-state index contributed by atoms with van der Waals surface area (Å²) in [6.45, 7) is -1.26. The Kier molecular flexibility index (Phi) is 11.7. The summed E-state index contributed by atoms with van der Waals surface area (Å²) in [6.07, 6.45) is -5.90. The first-order valence-corrected chi connectivity index (χ1v) is 6.17. The lowest BCUT2D eigenvalue weighted by Gasteiger charge is -2.32. The maximum Gasteiger partial charge on any atom is 0.293 e. The topological polar surface area (TPSA) is 158 Å². The molecule has 0 radical (unpaired) electrons. The Bertz CT molecular complexity index is 373. The van der Waals surface area contributed by atoms with Crippen molar-refractivity contribution in [2.45, 2.75) is 24.4 Å². The predicted octanol–water partition coefficient (Wildman–Crippen LogP) is -2.50. The van der Waals surface area contributed by atoms with E-state index in [1.807, 2.05) is 0 Å². The fourth-order valence-electron chi connectivity index (χ4n) is 1.72. The van der Waals surface area contributed by atoms with Gasteiger partial charge in [-0.15, -0.1) is 0 Å². The van der Waals surface area contributed by atoms with Crippen LogP contribution in [-0.2, 0) is 57.2 Å². The first-order valence-electron chi connectivity index (χ1n) is 6.17. The molecule has 0 aliphatic rings. The average Bonchev–Trinajstić information content (AvgIpc) is 2.59. The van der Waals surface area contributed by atoms with E-state index in [4.69, 9.17) is 9.47 Å². The number of carbonyl (C=O) groups excluding carboxylic acids is 6. The van der Waals surface area contributed by atoms with Gasteiger partial charge in [-0.05, 0) is 0 Å². The third kappa shape index (κ3) is 7.20. The molecule has 12 nitrogen and oxygen atoms in total. The van der Waals surface area contributed by atoms with Crippen molar-refractivity contribution < 1.29 is 57.2 Å². The number of rotatable bonds is 17. The summed E-state index contributed by atoms with van der Waals surface area (Å²) in [6, 6.07) is 0. The Balaban J connectivity index is 5.52. The van der Waals surface area contributed by atoms with Crippen molar-refractivity contribution in [1.29, 1.82) is 0 Å². The second-order valence-electron chi connectivity index (χ2n) is 3.79. The zero-order valence-electron chi connectivity index (χ0n) is 12.1. The second kappa shape index (κ2) is 13.5. The first kappa shape index (κ1) is 20.8. The normalized spacial score (nSPS) is 14.5. The Morgan fingerprint density at radius 2 is 0.833 bits per heavy atom. The van der Waals surface area contributed by atoms with Crippen LogP contribution in [0.5, 0.6) is 0 Å². The minimum Gasteiger partial charge on any atom is -0.464 e. The van der Waals surface area contributed by atoms with Crippen LogP contribution < -0.4 is 0 Å². The highest BCUT2D eigenvalue weighted by molar-refractivity contribution is 5.43. The molecule has 12 heteroatoms. The first-order chi connectivity index (χ1) is 11.7. The summed E-state index contributed by atoms with van der Waals surface area (Å²) in [7, 11) is 0. The lowest BCUT2D eigenvalue weighted by molar-refractivity contribution is -0.191. The van der Waals surface area contributed by atoms with Crippen molar-refractivity contribution in [3.63, 3.8) is 0 Å². The van der Waals surface area contributed by atoms with Gasteiger partial charge in [0.25, 0.3) is 38.8 Å². The zero-order valence-corrected chi connectivity index (χ0v) is 12.1. The predicted molar refractivity (Wildman–Crippen MR) is 67.8 cm³/mol. The molecule has 0 aromatic carbocycles. The Labute approximate surface area is 134 Å². The van der Waals surface area contributed by atoms with Crippen LogP contribution in [0, 0.1) is 0 Å². The van der Waals surface area contributed by atoms with Gasteiger partial charge < -0.3 is 28.4 Å². The lowest BCUT2D eigenvalue weighted by atomic mass is 10.0. The fourth-order valence-corrected chi connectivity index (χ4v) is 1.72. The number of hydrogen-bond acceptors (Lipinski definition) is 12. The summed E-state index contributed by atoms with van der Waals surface area (Å²) in [5, 5.41) is 0. The summed E-state index contributed by atoms with van der Waals surface area (Å²) < 4.78 is 27.5. The van der Waals surface area contributed by atoms with Crippen LogP contribution in [-0.4, -0.2) is 76.5 Å². The molecule has 0 amide bonds. The molecule has 0 fully saturated rings. The number of hydrogen-bond donors (Lipinski definition) is 0. The molecule has 0 aliphatic heterocycles. The highest BCUT2D eigenvalue weighted by Gasteiger charge is 2.41. The Morgan fingerprint density at radius 3 is 1.08 bits per heavy atom. The summed E-state index contributed by atoms with van der Waals surface area (Å²) >= 11 is 0. The van der Waals surface area contributed by atoms with Crippen molar-refractivity contribution in [2.75, 3.05) is 13.2 Å². The molecule has 134 valence electrons. The molecule has 24 heavy (non-hydrogen) atoms. The van der Waals surface area contributed by atoms with Crippen LogP contribution in [0.25, 0.3) is 0 Å². The molecule has 0 spiro atoms. The van der Waals surface area contributed by atoms with Gasteiger partial charge >= 0.3 is 0 Å². The minimum absolute atomic E-state index is 0.0314. The molecule has 0 aliphatic carbocycles. The van der Waals surface area contributed by atoms with E-state index in [0.717, 1.165) is 0 Å². The van der Waals surface area contributed by atoms with Gasteiger partial charge in [-0.1, -0.05) is 0 Å². The van der Waals surface area contributed by atoms with Crippen LogP contribution in [0.15, 0.2) is 0 Å². The molecule has 0 saturated heterocycles. The van der Waals surface area contributed by atoms with E-state index in [-0.39, 0.29) is 38.8 Å². The molecule has 0 aromatic heterocycles. The van der Waals surface area contributed by atoms with Crippen LogP contribution in [0.4, 0.5) is 0 Å². The molecule has 0 heterocycles. The minimum atomic E-state index is -1.54. The van der Waals surface area contributed by atoms with E-state index in [2.05, 4.69) is 18.9 Å². The van der Waals surface area contributed by atoms with E-state index < -0.39 is 37.6 Å². The molecule has 0 aromatic rings. The lowest BCUT2D eigenvalue weighted by Crippen LogP contribution is -2.52. The van der Waals surface area contributed by atoms with Gasteiger partial charge in [0.2, 0.25) is 0 Å². The maximum atomic E-state index is 10.7. The fraction of sp³-hybridized carbons (Fsp3) is 0.500. The standard InChI is InChI=1S/C12H14O12/c13-3-19-1-9(21-5-15)11(23-7-17)12(24-8-18)10(22-6-16)2-20-4-14/h3-12H,1-2H2/t9-,10-,11-,12-/m1/s1. The van der Waals surface area contributed by atoms with E-state index in [1.165, 1.54) is 0 Å². The van der Waals surface area contributed by atoms with Gasteiger partial charge in [0.15, 0.2) is 24.4 Å². The number of carbonyl (C=O) groups is 6. The highest BCUT2D eigenvalue weighted by atomic mass is 16.6. The SMILES string of the molecule is O=COC[C@@H](OC=O)[C@@H](OC=O)[C@H](OC=O)[C@@H](COC=O)OC=O. The summed E-state index contributed by atoms with van der Waals surface area (Å²) in [5.41, 5.74) is 0. The smallest absolute Gasteiger partial charge is 0.293 e. The van der Waals surface area contributed by atoms with Gasteiger partial charge in [-0.3, -0.25) is 28.8 Å². The molecule has 4 atom stereocenters. The van der Waals surface area contributed by atoms with Crippen LogP contribution >= 0.6 is 0 Å². The summed E-state index contributed by atoms with van der Waals surface area (Å²) in [5.74, 6) is 0. The molecule has 0 saturated carbocycles. The average molecular weight is 350 g/mol. The van der Waals surface area contributed by atoms with Crippen LogP contribution in [0.2, 0.25) is 0 Å². The van der Waals surface area contributed by atoms with Gasteiger partial charge in [0, 0.05) is 0 Å². The van der Waals surface area contributed by atoms with E-state index in [0.29, 0.717) is 0 Å². The second-order valence-corrected chi connectivity index (χ2v) is 3.79. The van der Waals surface area contributed by atoms with Gasteiger partial charge in [-0.2, -0.15) is 0 Å².